The fraction of sp³-hybridized carbons (Fsp3) is 0.575. The van der Waals surface area contributed by atoms with E-state index in [0.29, 0.717) is 5.56 Å². The summed E-state index contributed by atoms with van der Waals surface area (Å²) in [4.78, 5) is 118. The van der Waals surface area contributed by atoms with Gasteiger partial charge in [-0.05, 0) is 61.6 Å². The number of phenolic OH excluding ortho intramolecular Hbond substituents is 1. The average molecular weight is 935 g/mol. The van der Waals surface area contributed by atoms with E-state index >= 15 is 0 Å². The molecule has 21 N–H and O–H groups in total. The van der Waals surface area contributed by atoms with Gasteiger partial charge >= 0.3 is 11.9 Å². The summed E-state index contributed by atoms with van der Waals surface area (Å²) in [6.45, 7) is 6.69. The summed E-state index contributed by atoms with van der Waals surface area (Å²) in [5.41, 5.74) is 22.8. The molecule has 26 nitrogen and oxygen atoms in total. The van der Waals surface area contributed by atoms with Gasteiger partial charge in [0.2, 0.25) is 41.4 Å². The minimum atomic E-state index is -1.85. The van der Waals surface area contributed by atoms with E-state index in [4.69, 9.17) is 33.8 Å². The molecule has 1 rings (SSSR count). The summed E-state index contributed by atoms with van der Waals surface area (Å²) >= 11 is 0. The molecule has 0 aromatic heterocycles. The molecule has 0 aliphatic rings. The molecule has 1 aromatic rings. The predicted molar refractivity (Wildman–Crippen MR) is 238 cm³/mol. The van der Waals surface area contributed by atoms with Gasteiger partial charge in [0.1, 0.15) is 42.0 Å². The molecule has 0 heterocycles. The monoisotopic (exact) mass is 934 g/mol. The molecule has 0 saturated carbocycles. The lowest BCUT2D eigenvalue weighted by molar-refractivity contribution is -0.144. The fourth-order valence-corrected chi connectivity index (χ4v) is 6.22. The Bertz CT molecular complexity index is 1880. The van der Waals surface area contributed by atoms with Crippen LogP contribution in [0.5, 0.6) is 5.75 Å². The number of carbonyl (C=O) groups excluding carboxylic acids is 7. The lowest BCUT2D eigenvalue weighted by Gasteiger charge is -2.27. The predicted octanol–water partition coefficient (Wildman–Crippen LogP) is -4.17. The van der Waals surface area contributed by atoms with Gasteiger partial charge in [0, 0.05) is 19.5 Å². The average Bonchev–Trinajstić information content (AvgIpc) is 3.20. The number of hydrogen-bond donors (Lipinski definition) is 17. The van der Waals surface area contributed by atoms with E-state index in [1.165, 1.54) is 38.1 Å². The van der Waals surface area contributed by atoms with Crippen LogP contribution >= 0.6 is 0 Å². The van der Waals surface area contributed by atoms with E-state index in [-0.39, 0.29) is 63.3 Å². The third-order valence-corrected chi connectivity index (χ3v) is 9.59. The van der Waals surface area contributed by atoms with E-state index < -0.39 is 126 Å². The molecule has 0 aliphatic carbocycles. The van der Waals surface area contributed by atoms with Gasteiger partial charge in [0.25, 0.3) is 0 Å². The number of carbonyl (C=O) groups is 9. The minimum Gasteiger partial charge on any atom is -0.508 e. The number of guanidine groups is 2. The standard InChI is InChI=1S/C40H66N14O12/c1-19(2)15-23(41)32(59)51-26(16-21-9-11-22(55)12-10-21)35(62)49-24(7-5-13-47-39(43)44)33(60)52-27(17-29(42)56)36(63)50-25(8-6-14-48-40(45)46)34(61)53-28(18-30(57)58)37(64)54-31(20(3)4)38(65)66/h9-12,19-20,23-28,31,55H,5-8,13-18,41H2,1-4H3,(H2,42,56)(H,49,62)(H,50,63)(H,51,59)(H,52,60)(H,53,61)(H,54,64)(H,57,58)(H,65,66)(H4,43,44,47)(H4,45,46,48)/t23-,24-,25-,26-,27-,28-,31-/m0/s1. The third kappa shape index (κ3) is 22.4. The first-order valence-electron chi connectivity index (χ1n) is 21.0. The summed E-state index contributed by atoms with van der Waals surface area (Å²) < 4.78 is 0. The number of carboxylic acid groups (broad SMARTS) is 2. The van der Waals surface area contributed by atoms with Crippen molar-refractivity contribution in [3.8, 4) is 5.75 Å². The van der Waals surface area contributed by atoms with E-state index in [1.54, 1.807) is 0 Å². The number of rotatable bonds is 30. The van der Waals surface area contributed by atoms with Gasteiger partial charge in [-0.2, -0.15) is 0 Å². The molecule has 0 bridgehead atoms. The first-order chi connectivity index (χ1) is 30.8. The fourth-order valence-electron chi connectivity index (χ4n) is 6.22. The van der Waals surface area contributed by atoms with Gasteiger partial charge in [-0.25, -0.2) is 4.79 Å². The molecule has 1 aromatic carbocycles. The zero-order valence-electron chi connectivity index (χ0n) is 37.4. The molecule has 26 heteroatoms. The maximum absolute atomic E-state index is 14.0. The van der Waals surface area contributed by atoms with Crippen molar-refractivity contribution in [2.45, 2.75) is 121 Å². The first-order valence-corrected chi connectivity index (χ1v) is 21.0. The highest BCUT2D eigenvalue weighted by molar-refractivity contribution is 5.99. The second-order valence-electron chi connectivity index (χ2n) is 16.2. The van der Waals surface area contributed by atoms with E-state index in [1.807, 2.05) is 13.8 Å². The molecule has 0 radical (unpaired) electrons. The Balaban J connectivity index is 3.56. The van der Waals surface area contributed by atoms with Crippen LogP contribution in [0.3, 0.4) is 0 Å². The van der Waals surface area contributed by atoms with E-state index in [2.05, 4.69) is 42.5 Å². The molecule has 7 atom stereocenters. The molecule has 0 unspecified atom stereocenters. The number of nitrogens with two attached hydrogens (primary N) is 4. The van der Waals surface area contributed by atoms with Gasteiger partial charge in [-0.15, -0.1) is 0 Å². The highest BCUT2D eigenvalue weighted by Gasteiger charge is 2.35. The minimum absolute atomic E-state index is 0.0120. The lowest BCUT2D eigenvalue weighted by atomic mass is 10.0. The van der Waals surface area contributed by atoms with Crippen LogP contribution in [-0.2, 0) is 49.6 Å². The lowest BCUT2D eigenvalue weighted by Crippen LogP contribution is -2.60. The second-order valence-corrected chi connectivity index (χ2v) is 16.2. The van der Waals surface area contributed by atoms with Crippen molar-refractivity contribution in [2.24, 2.45) is 34.8 Å². The Morgan fingerprint density at radius 2 is 1.00 bits per heavy atom. The molecular formula is C40H66N14O12. The third-order valence-electron chi connectivity index (χ3n) is 9.59. The van der Waals surface area contributed by atoms with Crippen molar-refractivity contribution in [3.05, 3.63) is 29.8 Å². The smallest absolute Gasteiger partial charge is 0.326 e. The van der Waals surface area contributed by atoms with Crippen LogP contribution in [0, 0.1) is 22.7 Å². The normalized spacial score (nSPS) is 14.1. The van der Waals surface area contributed by atoms with Crippen LogP contribution in [-0.4, -0.2) is 136 Å². The highest BCUT2D eigenvalue weighted by Crippen LogP contribution is 2.13. The van der Waals surface area contributed by atoms with Crippen molar-refractivity contribution < 1.29 is 58.5 Å². The topological polar surface area (TPSA) is 462 Å². The molecule has 368 valence electrons. The maximum atomic E-state index is 14.0. The molecule has 0 spiro atoms. The van der Waals surface area contributed by atoms with Gasteiger partial charge in [0.05, 0.1) is 18.9 Å². The van der Waals surface area contributed by atoms with Crippen molar-refractivity contribution in [1.29, 1.82) is 10.8 Å². The van der Waals surface area contributed by atoms with Crippen molar-refractivity contribution >= 4 is 65.2 Å². The SMILES string of the molecule is CC(C)C[C@H](N)C(=O)N[C@@H](Cc1ccc(O)cc1)C(=O)N[C@@H](CCCNC(=N)N)C(=O)N[C@@H](CC(N)=O)C(=O)N[C@@H](CCCNC(=N)N)C(=O)N[C@@H](CC(=O)O)C(=O)N[C@H](C(=O)O)C(C)C. The summed E-state index contributed by atoms with van der Waals surface area (Å²) in [7, 11) is 0. The molecule has 66 heavy (non-hydrogen) atoms. The Hall–Kier alpha value is -7.25. The van der Waals surface area contributed by atoms with Gasteiger partial charge < -0.3 is 80.8 Å². The Kier molecular flexibility index (Phi) is 24.5. The highest BCUT2D eigenvalue weighted by atomic mass is 16.4. The number of phenols is 1. The summed E-state index contributed by atoms with van der Waals surface area (Å²) in [6, 6.07) is -4.83. The van der Waals surface area contributed by atoms with Crippen molar-refractivity contribution in [1.82, 2.24) is 42.5 Å². The number of carboxylic acids is 2. The van der Waals surface area contributed by atoms with Crippen LogP contribution < -0.4 is 65.5 Å². The number of nitrogens with one attached hydrogen (secondary N) is 10. The van der Waals surface area contributed by atoms with Crippen LogP contribution in [0.25, 0.3) is 0 Å². The number of amides is 7. The van der Waals surface area contributed by atoms with Crippen LogP contribution in [0.15, 0.2) is 24.3 Å². The molecule has 0 aliphatic heterocycles. The van der Waals surface area contributed by atoms with Gasteiger partial charge in [-0.1, -0.05) is 39.8 Å². The Labute approximate surface area is 381 Å². The number of aromatic hydroxyl groups is 1. The zero-order valence-corrected chi connectivity index (χ0v) is 37.4. The van der Waals surface area contributed by atoms with Gasteiger partial charge in [0.15, 0.2) is 11.9 Å². The molecule has 0 saturated heterocycles. The van der Waals surface area contributed by atoms with E-state index in [0.717, 1.165) is 0 Å². The quantitative estimate of drug-likeness (QED) is 0.0198. The first kappa shape index (κ1) is 56.8. The van der Waals surface area contributed by atoms with Crippen molar-refractivity contribution in [2.75, 3.05) is 13.1 Å². The molecular weight excluding hydrogens is 869 g/mol. The number of aliphatic carboxylic acids is 2. The summed E-state index contributed by atoms with van der Waals surface area (Å²) in [5.74, 6) is -11.6. The maximum Gasteiger partial charge on any atom is 0.326 e. The van der Waals surface area contributed by atoms with Crippen LogP contribution in [0.4, 0.5) is 0 Å². The number of hydrogen-bond acceptors (Lipinski definition) is 13. The molecule has 7 amide bonds. The second kappa shape index (κ2) is 28.5. The van der Waals surface area contributed by atoms with Crippen molar-refractivity contribution in [3.63, 3.8) is 0 Å². The largest absolute Gasteiger partial charge is 0.508 e. The van der Waals surface area contributed by atoms with Gasteiger partial charge in [-0.3, -0.25) is 49.2 Å². The zero-order chi connectivity index (χ0) is 50.3. The van der Waals surface area contributed by atoms with Crippen LogP contribution in [0.1, 0.15) is 78.2 Å². The van der Waals surface area contributed by atoms with Crippen LogP contribution in [0.2, 0.25) is 0 Å². The summed E-state index contributed by atoms with van der Waals surface area (Å²) in [5, 5.41) is 63.0. The molecule has 0 fully saturated rings. The van der Waals surface area contributed by atoms with E-state index in [9.17, 15) is 58.5 Å². The number of primary amides is 1. The summed E-state index contributed by atoms with van der Waals surface area (Å²) in [6.07, 6.45) is -2.04. The Morgan fingerprint density at radius 1 is 0.591 bits per heavy atom. The number of benzene rings is 1. The Morgan fingerprint density at radius 3 is 1.41 bits per heavy atom.